The van der Waals surface area contributed by atoms with Crippen LogP contribution in [-0.4, -0.2) is 21.1 Å². The van der Waals surface area contributed by atoms with Crippen LogP contribution in [0.5, 0.6) is 0 Å². The normalized spacial score (nSPS) is 4.50. The molecule has 0 saturated heterocycles. The molecule has 0 amide bonds. The summed E-state index contributed by atoms with van der Waals surface area (Å²) in [6.07, 6.45) is 0. The van der Waals surface area contributed by atoms with Crippen molar-refractivity contribution in [3.8, 4) is 0 Å². The Hall–Kier alpha value is -1.01. The van der Waals surface area contributed by atoms with Crippen LogP contribution in [0.25, 0.3) is 0 Å². The van der Waals surface area contributed by atoms with Gasteiger partial charge in [0, 0.05) is 0 Å². The van der Waals surface area contributed by atoms with Gasteiger partial charge in [0.25, 0.3) is 0 Å². The zero-order valence-corrected chi connectivity index (χ0v) is 8.84. The molecule has 0 rings (SSSR count). The van der Waals surface area contributed by atoms with Crippen LogP contribution in [0.3, 0.4) is 0 Å². The summed E-state index contributed by atoms with van der Waals surface area (Å²) in [5.41, 5.74) is 0. The third kappa shape index (κ3) is 563. The van der Waals surface area contributed by atoms with E-state index in [0.29, 0.717) is 0 Å². The molecule has 0 heterocycles. The Morgan fingerprint density at radius 1 is 0.750 bits per heavy atom. The molecule has 0 aromatic heterocycles. The molecule has 72 valence electrons. The van der Waals surface area contributed by atoms with E-state index in [1.165, 1.54) is 0 Å². The van der Waals surface area contributed by atoms with Crippen LogP contribution in [0.4, 0.5) is 0 Å². The quantitative estimate of drug-likeness (QED) is 0.264. The van der Waals surface area contributed by atoms with Gasteiger partial charge in [-0.05, 0) is 0 Å². The summed E-state index contributed by atoms with van der Waals surface area (Å²) < 4.78 is 8.39. The SMILES string of the molecule is O.O.O=[N+]([O-])[O-].O=[N+]([O-])[O-].[O]=[Hf+2]. The number of rotatable bonds is 0. The van der Waals surface area contributed by atoms with E-state index in [2.05, 4.69) is 0 Å². The van der Waals surface area contributed by atoms with Crippen molar-refractivity contribution in [3.63, 3.8) is 0 Å². The first-order valence-electron chi connectivity index (χ1n) is 1.30. The first-order chi connectivity index (χ1) is 4.46. The van der Waals surface area contributed by atoms with E-state index in [4.69, 9.17) is 33.5 Å². The second-order valence-corrected chi connectivity index (χ2v) is 0.447. The van der Waals surface area contributed by atoms with Gasteiger partial charge in [-0.25, -0.2) is 0 Å². The van der Waals surface area contributed by atoms with Crippen LogP contribution in [0.1, 0.15) is 0 Å². The van der Waals surface area contributed by atoms with Gasteiger partial charge in [-0.15, -0.1) is 0 Å². The van der Waals surface area contributed by atoms with Crippen molar-refractivity contribution in [3.05, 3.63) is 30.6 Å². The van der Waals surface area contributed by atoms with Gasteiger partial charge in [0.1, 0.15) is 0 Å². The molecule has 0 spiro atoms. The third-order valence-electron chi connectivity index (χ3n) is 0. The Balaban J connectivity index is -0.0000000198. The standard InChI is InChI=1S/Hf.2NO3.2H2O.O/c;2*2-1(3)4;;;/h;;;2*1H2;/q+2;2*-1;;;. The predicted molar refractivity (Wildman–Crippen MR) is 28.6 cm³/mol. The topological polar surface area (TPSA) is 212 Å². The van der Waals surface area contributed by atoms with E-state index in [0.717, 1.165) is 0 Å². The first kappa shape index (κ1) is 30.6. The van der Waals surface area contributed by atoms with Crippen LogP contribution in [0, 0.1) is 30.6 Å². The molecule has 0 atom stereocenters. The monoisotopic (exact) mass is 356 g/mol. The van der Waals surface area contributed by atoms with Crippen molar-refractivity contribution in [2.24, 2.45) is 0 Å². The van der Waals surface area contributed by atoms with Gasteiger partial charge in [0.15, 0.2) is 0 Å². The number of hydrogen-bond acceptors (Lipinski definition) is 7. The summed E-state index contributed by atoms with van der Waals surface area (Å²) in [4.78, 5) is 16.5. The Labute approximate surface area is 79.4 Å². The van der Waals surface area contributed by atoms with Crippen LogP contribution >= 0.6 is 0 Å². The fraction of sp³-hybridized carbons (Fsp3) is 0. The van der Waals surface area contributed by atoms with E-state index in [1.54, 1.807) is 0 Å². The van der Waals surface area contributed by atoms with Gasteiger partial charge in [-0.3, -0.25) is 0 Å². The Morgan fingerprint density at radius 2 is 0.750 bits per heavy atom. The molecule has 0 aliphatic rings. The first-order valence-corrected chi connectivity index (χ1v) is 2.77. The number of hydrogen-bond donors (Lipinski definition) is 0. The second kappa shape index (κ2) is 32.4. The predicted octanol–water partition coefficient (Wildman–Crippen LogP) is -2.25. The summed E-state index contributed by atoms with van der Waals surface area (Å²) in [7, 11) is 0. The number of nitrogens with zero attached hydrogens (tertiary/aromatic N) is 2. The maximum atomic E-state index is 8.39. The molecule has 0 radical (unpaired) electrons. The van der Waals surface area contributed by atoms with E-state index in [-0.39, 0.29) is 35.3 Å². The Bertz CT molecular complexity index is 80.7. The van der Waals surface area contributed by atoms with Crippen molar-refractivity contribution in [1.82, 2.24) is 0 Å². The van der Waals surface area contributed by atoms with Crippen LogP contribution < -0.4 is 0 Å². The van der Waals surface area contributed by atoms with Gasteiger partial charge < -0.3 is 41.6 Å². The van der Waals surface area contributed by atoms with E-state index in [1.807, 2.05) is 0 Å². The fourth-order valence-electron chi connectivity index (χ4n) is 0. The summed E-state index contributed by atoms with van der Waals surface area (Å²) in [6, 6.07) is 0. The molecule has 11 nitrogen and oxygen atoms in total. The molecule has 12 heavy (non-hydrogen) atoms. The van der Waals surface area contributed by atoms with Gasteiger partial charge in [-0.1, -0.05) is 0 Å². The molecule has 4 N–H and O–H groups in total. The third-order valence-corrected chi connectivity index (χ3v) is 0. The zero-order chi connectivity index (χ0) is 9.15. The minimum atomic E-state index is -1.75. The Kier molecular flexibility index (Phi) is 82.6. The molecule has 0 aliphatic carbocycles. The van der Waals surface area contributed by atoms with Crippen molar-refractivity contribution >= 4 is 0 Å². The van der Waals surface area contributed by atoms with Crippen LogP contribution in [0.2, 0.25) is 0 Å². The molecule has 0 fully saturated rings. The molecule has 0 aromatic carbocycles. The van der Waals surface area contributed by atoms with E-state index >= 15 is 0 Å². The van der Waals surface area contributed by atoms with Crippen LogP contribution in [-0.2, 0) is 27.2 Å². The van der Waals surface area contributed by atoms with E-state index < -0.39 is 10.2 Å². The molecule has 0 aliphatic heterocycles. The van der Waals surface area contributed by atoms with Crippen molar-refractivity contribution < 1.29 is 48.4 Å². The average molecular weight is 355 g/mol. The molecule has 12 heteroatoms. The van der Waals surface area contributed by atoms with Gasteiger partial charge in [0.05, 0.1) is 10.2 Å². The zero-order valence-electron chi connectivity index (χ0n) is 5.25. The second-order valence-electron chi connectivity index (χ2n) is 0.447. The van der Waals surface area contributed by atoms with Gasteiger partial charge in [-0.2, -0.15) is 0 Å². The van der Waals surface area contributed by atoms with E-state index in [9.17, 15) is 0 Å². The molecule has 0 bridgehead atoms. The molecular weight excluding hydrogens is 350 g/mol. The summed E-state index contributed by atoms with van der Waals surface area (Å²) in [5, 5.41) is 29.5. The molecule has 0 unspecified atom stereocenters. The fourth-order valence-corrected chi connectivity index (χ4v) is 0. The van der Waals surface area contributed by atoms with Gasteiger partial charge in [0.2, 0.25) is 0 Å². The van der Waals surface area contributed by atoms with Crippen molar-refractivity contribution in [2.45, 2.75) is 0 Å². The average Bonchev–Trinajstić information content (AvgIpc) is 1.66. The summed E-state index contributed by atoms with van der Waals surface area (Å²) in [6.45, 7) is 0. The molecular formula is H4HfN2O9. The molecule has 0 saturated carbocycles. The molecule has 0 aromatic rings. The van der Waals surface area contributed by atoms with Crippen molar-refractivity contribution in [1.29, 1.82) is 0 Å². The Morgan fingerprint density at radius 3 is 0.750 bits per heavy atom. The summed E-state index contributed by atoms with van der Waals surface area (Å²) in [5.74, 6) is 0. The summed E-state index contributed by atoms with van der Waals surface area (Å²) >= 11 is 0.0556. The minimum absolute atomic E-state index is 0. The van der Waals surface area contributed by atoms with Crippen LogP contribution in [0.15, 0.2) is 0 Å². The van der Waals surface area contributed by atoms with Gasteiger partial charge >= 0.3 is 27.2 Å². The maximum absolute atomic E-state index is 8.39. The van der Waals surface area contributed by atoms with Crippen molar-refractivity contribution in [2.75, 3.05) is 0 Å².